The van der Waals surface area contributed by atoms with E-state index in [-0.39, 0.29) is 5.92 Å². The molecule has 84 valence electrons. The molecule has 0 radical (unpaired) electrons. The molecule has 0 saturated heterocycles. The normalized spacial score (nSPS) is 32.4. The summed E-state index contributed by atoms with van der Waals surface area (Å²) in [5.41, 5.74) is 2.03. The van der Waals surface area contributed by atoms with Crippen molar-refractivity contribution in [2.45, 2.75) is 32.1 Å². The zero-order chi connectivity index (χ0) is 11.3. The molecule has 0 aliphatic heterocycles. The third kappa shape index (κ3) is 1.29. The molecule has 3 rings (SSSR count). The Balaban J connectivity index is 1.88. The van der Waals surface area contributed by atoms with Crippen molar-refractivity contribution in [1.29, 1.82) is 0 Å². The van der Waals surface area contributed by atoms with Crippen molar-refractivity contribution in [1.82, 2.24) is 0 Å². The van der Waals surface area contributed by atoms with Gasteiger partial charge in [0.05, 0.1) is 5.41 Å². The van der Waals surface area contributed by atoms with Gasteiger partial charge in [-0.2, -0.15) is 0 Å². The minimum absolute atomic E-state index is 0.262. The van der Waals surface area contributed by atoms with Gasteiger partial charge in [-0.25, -0.2) is 0 Å². The number of aliphatic carboxylic acids is 1. The van der Waals surface area contributed by atoms with Gasteiger partial charge < -0.3 is 5.11 Å². The molecule has 2 heteroatoms. The Hall–Kier alpha value is -1.31. The van der Waals surface area contributed by atoms with Crippen LogP contribution in [0.25, 0.3) is 0 Å². The van der Waals surface area contributed by atoms with Gasteiger partial charge in [-0.15, -0.1) is 0 Å². The number of benzene rings is 1. The minimum Gasteiger partial charge on any atom is -0.481 e. The van der Waals surface area contributed by atoms with E-state index in [9.17, 15) is 9.90 Å². The predicted octanol–water partition coefficient (Wildman–Crippen LogP) is 2.96. The topological polar surface area (TPSA) is 37.3 Å². The van der Waals surface area contributed by atoms with Crippen molar-refractivity contribution in [2.24, 2.45) is 11.3 Å². The first-order valence-corrected chi connectivity index (χ1v) is 5.94. The molecule has 2 atom stereocenters. The lowest BCUT2D eigenvalue weighted by molar-refractivity contribution is -0.144. The highest BCUT2D eigenvalue weighted by molar-refractivity contribution is 5.81. The van der Waals surface area contributed by atoms with Gasteiger partial charge in [-0.3, -0.25) is 4.79 Å². The van der Waals surface area contributed by atoms with Crippen LogP contribution in [0.15, 0.2) is 24.3 Å². The third-order valence-corrected chi connectivity index (χ3v) is 4.19. The maximum Gasteiger partial charge on any atom is 0.310 e. The van der Waals surface area contributed by atoms with E-state index < -0.39 is 11.4 Å². The summed E-state index contributed by atoms with van der Waals surface area (Å²) in [7, 11) is 0. The fourth-order valence-electron chi connectivity index (χ4n) is 2.95. The number of hydrogen-bond acceptors (Lipinski definition) is 1. The average molecular weight is 216 g/mol. The monoisotopic (exact) mass is 216 g/mol. The molecule has 16 heavy (non-hydrogen) atoms. The van der Waals surface area contributed by atoms with E-state index in [2.05, 4.69) is 31.2 Å². The summed E-state index contributed by atoms with van der Waals surface area (Å²) in [5, 5.41) is 9.40. The summed E-state index contributed by atoms with van der Waals surface area (Å²) >= 11 is 0. The van der Waals surface area contributed by atoms with Crippen molar-refractivity contribution in [2.75, 3.05) is 0 Å². The van der Waals surface area contributed by atoms with Crippen molar-refractivity contribution >= 4 is 5.97 Å². The molecular formula is C14H16O2. The highest BCUT2D eigenvalue weighted by Gasteiger charge is 2.67. The molecule has 0 amide bonds. The van der Waals surface area contributed by atoms with Crippen LogP contribution in [0, 0.1) is 18.3 Å². The Morgan fingerprint density at radius 1 is 1.31 bits per heavy atom. The second-order valence-electron chi connectivity index (χ2n) is 5.29. The average Bonchev–Trinajstić information content (AvgIpc) is 3.12. The second-order valence-corrected chi connectivity index (χ2v) is 5.29. The molecule has 1 N–H and O–H groups in total. The number of aryl methyl sites for hydroxylation is 1. The number of rotatable bonds is 3. The smallest absolute Gasteiger partial charge is 0.310 e. The number of carboxylic acids is 1. The lowest BCUT2D eigenvalue weighted by Gasteiger charge is -2.10. The van der Waals surface area contributed by atoms with Crippen LogP contribution >= 0.6 is 0 Å². The molecule has 0 spiro atoms. The maximum absolute atomic E-state index is 11.4. The van der Waals surface area contributed by atoms with E-state index >= 15 is 0 Å². The zero-order valence-electron chi connectivity index (χ0n) is 9.44. The lowest BCUT2D eigenvalue weighted by Crippen LogP contribution is -2.19. The first-order chi connectivity index (χ1) is 7.64. The Morgan fingerprint density at radius 3 is 2.44 bits per heavy atom. The molecular weight excluding hydrogens is 200 g/mol. The minimum atomic E-state index is -0.583. The van der Waals surface area contributed by atoms with Gasteiger partial charge in [0, 0.05) is 5.92 Å². The second kappa shape index (κ2) is 3.09. The van der Waals surface area contributed by atoms with Crippen LogP contribution in [0.3, 0.4) is 0 Å². The van der Waals surface area contributed by atoms with Crippen LogP contribution in [0.1, 0.15) is 36.3 Å². The van der Waals surface area contributed by atoms with Crippen LogP contribution in [0.2, 0.25) is 0 Å². The molecule has 0 aromatic heterocycles. The largest absolute Gasteiger partial charge is 0.481 e. The van der Waals surface area contributed by atoms with E-state index in [4.69, 9.17) is 0 Å². The lowest BCUT2D eigenvalue weighted by atomic mass is 9.93. The molecule has 2 unspecified atom stereocenters. The molecule has 2 nitrogen and oxygen atoms in total. The summed E-state index contributed by atoms with van der Waals surface area (Å²) in [6.45, 7) is 2.06. The van der Waals surface area contributed by atoms with E-state index in [0.29, 0.717) is 5.92 Å². The van der Waals surface area contributed by atoms with Gasteiger partial charge in [-0.1, -0.05) is 29.8 Å². The summed E-state index contributed by atoms with van der Waals surface area (Å²) in [4.78, 5) is 11.4. The maximum atomic E-state index is 11.4. The summed E-state index contributed by atoms with van der Waals surface area (Å²) in [5.74, 6) is 0.120. The van der Waals surface area contributed by atoms with Gasteiger partial charge in [-0.05, 0) is 37.7 Å². The van der Waals surface area contributed by atoms with Gasteiger partial charge in [0.1, 0.15) is 0 Å². The molecule has 0 bridgehead atoms. The highest BCUT2D eigenvalue weighted by atomic mass is 16.4. The predicted molar refractivity (Wildman–Crippen MR) is 61.3 cm³/mol. The van der Waals surface area contributed by atoms with E-state index in [1.165, 1.54) is 11.1 Å². The number of hydrogen-bond donors (Lipinski definition) is 1. The molecule has 2 aliphatic carbocycles. The van der Waals surface area contributed by atoms with E-state index in [1.807, 2.05) is 0 Å². The number of carbonyl (C=O) groups is 1. The fraction of sp³-hybridized carbons (Fsp3) is 0.500. The molecule has 1 aromatic carbocycles. The molecule has 2 saturated carbocycles. The van der Waals surface area contributed by atoms with Gasteiger partial charge in [0.15, 0.2) is 0 Å². The molecule has 2 aliphatic rings. The van der Waals surface area contributed by atoms with Crippen molar-refractivity contribution in [3.63, 3.8) is 0 Å². The van der Waals surface area contributed by atoms with Gasteiger partial charge in [0.2, 0.25) is 0 Å². The first kappa shape index (κ1) is 9.88. The number of carboxylic acid groups (broad SMARTS) is 1. The van der Waals surface area contributed by atoms with Gasteiger partial charge in [0.25, 0.3) is 0 Å². The summed E-state index contributed by atoms with van der Waals surface area (Å²) in [6, 6.07) is 8.33. The Kier molecular flexibility index (Phi) is 1.91. The Labute approximate surface area is 95.3 Å². The molecule has 0 heterocycles. The van der Waals surface area contributed by atoms with Crippen LogP contribution in [0.5, 0.6) is 0 Å². The molecule has 1 aromatic rings. The highest BCUT2D eigenvalue weighted by Crippen LogP contribution is 2.69. The quantitative estimate of drug-likeness (QED) is 0.843. The Morgan fingerprint density at radius 2 is 1.94 bits per heavy atom. The molecule has 2 fully saturated rings. The Bertz CT molecular complexity index is 431. The van der Waals surface area contributed by atoms with Crippen LogP contribution in [-0.4, -0.2) is 11.1 Å². The van der Waals surface area contributed by atoms with E-state index in [1.54, 1.807) is 0 Å². The van der Waals surface area contributed by atoms with Crippen molar-refractivity contribution in [3.8, 4) is 0 Å². The van der Waals surface area contributed by atoms with Crippen LogP contribution in [0.4, 0.5) is 0 Å². The summed E-state index contributed by atoms with van der Waals surface area (Å²) < 4.78 is 0. The zero-order valence-corrected chi connectivity index (χ0v) is 9.44. The first-order valence-electron chi connectivity index (χ1n) is 5.94. The van der Waals surface area contributed by atoms with E-state index in [0.717, 1.165) is 19.3 Å². The van der Waals surface area contributed by atoms with Crippen molar-refractivity contribution < 1.29 is 9.90 Å². The fourth-order valence-corrected chi connectivity index (χ4v) is 2.95. The van der Waals surface area contributed by atoms with Crippen LogP contribution < -0.4 is 0 Å². The van der Waals surface area contributed by atoms with Gasteiger partial charge >= 0.3 is 5.97 Å². The van der Waals surface area contributed by atoms with Crippen LogP contribution in [-0.2, 0) is 4.79 Å². The summed E-state index contributed by atoms with van der Waals surface area (Å²) in [6.07, 6.45) is 3.05. The third-order valence-electron chi connectivity index (χ3n) is 4.19. The SMILES string of the molecule is Cc1ccc(C2CC2(C(=O)O)C2CC2)cc1. The standard InChI is InChI=1S/C14H16O2/c1-9-2-4-10(5-3-9)12-8-14(12,13(15)16)11-6-7-11/h2-5,11-12H,6-8H2,1H3,(H,15,16). The van der Waals surface area contributed by atoms with Crippen molar-refractivity contribution in [3.05, 3.63) is 35.4 Å².